The number of hydrogen-bond acceptors (Lipinski definition) is 4. The Kier molecular flexibility index (Phi) is 4.34. The van der Waals surface area contributed by atoms with Crippen molar-refractivity contribution in [2.24, 2.45) is 5.92 Å². The number of benzene rings is 1. The third-order valence-electron chi connectivity index (χ3n) is 3.08. The third kappa shape index (κ3) is 3.42. The minimum Gasteiger partial charge on any atom is -0.320 e. The molecule has 2 N–H and O–H groups in total. The zero-order valence-corrected chi connectivity index (χ0v) is 10.9. The molecule has 102 valence electrons. The fraction of sp³-hybridized carbons (Fsp3) is 0.417. The Labute approximate surface area is 115 Å². The van der Waals surface area contributed by atoms with Gasteiger partial charge in [0.2, 0.25) is 5.91 Å². The minimum atomic E-state index is -0.555. The first kappa shape index (κ1) is 13.8. The van der Waals surface area contributed by atoms with Crippen molar-refractivity contribution in [3.05, 3.63) is 33.3 Å². The molecular weight excluding hydrogens is 270 g/mol. The number of rotatable bonds is 3. The van der Waals surface area contributed by atoms with Crippen LogP contribution in [0.15, 0.2) is 18.2 Å². The molecule has 19 heavy (non-hydrogen) atoms. The van der Waals surface area contributed by atoms with Crippen LogP contribution in [0.5, 0.6) is 0 Å². The van der Waals surface area contributed by atoms with E-state index in [-0.39, 0.29) is 28.2 Å². The summed E-state index contributed by atoms with van der Waals surface area (Å²) in [5.74, 6) is -0.346. The molecule has 1 heterocycles. The number of nitro benzene ring substituents is 1. The van der Waals surface area contributed by atoms with Gasteiger partial charge in [-0.2, -0.15) is 0 Å². The molecule has 0 radical (unpaired) electrons. The largest absolute Gasteiger partial charge is 0.320 e. The summed E-state index contributed by atoms with van der Waals surface area (Å²) in [5.41, 5.74) is -0.00501. The highest BCUT2D eigenvalue weighted by molar-refractivity contribution is 6.31. The van der Waals surface area contributed by atoms with E-state index in [1.165, 1.54) is 18.2 Å². The van der Waals surface area contributed by atoms with Crippen LogP contribution >= 0.6 is 11.6 Å². The molecule has 2 rings (SSSR count). The summed E-state index contributed by atoms with van der Waals surface area (Å²) in [5, 5.41) is 16.9. The summed E-state index contributed by atoms with van der Waals surface area (Å²) in [4.78, 5) is 22.4. The van der Waals surface area contributed by atoms with E-state index in [2.05, 4.69) is 10.6 Å². The van der Waals surface area contributed by atoms with Crippen molar-refractivity contribution in [1.29, 1.82) is 0 Å². The van der Waals surface area contributed by atoms with Crippen molar-refractivity contribution < 1.29 is 9.72 Å². The number of anilines is 1. The van der Waals surface area contributed by atoms with Crippen molar-refractivity contribution in [2.75, 3.05) is 18.4 Å². The summed E-state index contributed by atoms with van der Waals surface area (Å²) >= 11 is 5.72. The standard InChI is InChI=1S/C12H14ClN3O3/c13-9-3-4-10(11(6-9)16(18)19)15-12(17)8-2-1-5-14-7-8/h3-4,6,8,14H,1-2,5,7H2,(H,15,17)/t8-/m1/s1. The molecule has 0 aliphatic carbocycles. The SMILES string of the molecule is O=C(Nc1ccc(Cl)cc1[N+](=O)[O-])[C@@H]1CCCNC1. The van der Waals surface area contributed by atoms with Gasteiger partial charge in [0.15, 0.2) is 0 Å². The minimum absolute atomic E-state index is 0.149. The van der Waals surface area contributed by atoms with E-state index in [0.717, 1.165) is 19.4 Å². The maximum Gasteiger partial charge on any atom is 0.294 e. The molecule has 7 heteroatoms. The number of halogens is 1. The van der Waals surface area contributed by atoms with Crippen molar-refractivity contribution in [3.63, 3.8) is 0 Å². The lowest BCUT2D eigenvalue weighted by molar-refractivity contribution is -0.383. The molecule has 0 saturated carbocycles. The normalized spacial score (nSPS) is 18.9. The van der Waals surface area contributed by atoms with E-state index in [1.807, 2.05) is 0 Å². The smallest absolute Gasteiger partial charge is 0.294 e. The van der Waals surface area contributed by atoms with Crippen LogP contribution in [0.4, 0.5) is 11.4 Å². The van der Waals surface area contributed by atoms with Crippen LogP contribution in [0.3, 0.4) is 0 Å². The molecule has 1 aromatic carbocycles. The predicted octanol–water partition coefficient (Wildman–Crippen LogP) is 2.19. The second kappa shape index (κ2) is 5.99. The number of nitrogens with one attached hydrogen (secondary N) is 2. The van der Waals surface area contributed by atoms with Gasteiger partial charge >= 0.3 is 0 Å². The van der Waals surface area contributed by atoms with E-state index >= 15 is 0 Å². The Morgan fingerprint density at radius 2 is 2.32 bits per heavy atom. The van der Waals surface area contributed by atoms with Crippen LogP contribution in [0.2, 0.25) is 5.02 Å². The second-order valence-electron chi connectivity index (χ2n) is 4.45. The van der Waals surface area contributed by atoms with Gasteiger partial charge < -0.3 is 10.6 Å². The van der Waals surface area contributed by atoms with E-state index in [4.69, 9.17) is 11.6 Å². The Morgan fingerprint density at radius 3 is 2.95 bits per heavy atom. The number of nitro groups is 1. The number of carbonyl (C=O) groups excluding carboxylic acids is 1. The highest BCUT2D eigenvalue weighted by atomic mass is 35.5. The van der Waals surface area contributed by atoms with Crippen LogP contribution in [0.1, 0.15) is 12.8 Å². The van der Waals surface area contributed by atoms with Crippen molar-refractivity contribution in [2.45, 2.75) is 12.8 Å². The maximum absolute atomic E-state index is 12.0. The van der Waals surface area contributed by atoms with Crippen LogP contribution in [-0.4, -0.2) is 23.9 Å². The fourth-order valence-corrected chi connectivity index (χ4v) is 2.24. The molecule has 6 nitrogen and oxygen atoms in total. The molecule has 1 fully saturated rings. The highest BCUT2D eigenvalue weighted by Crippen LogP contribution is 2.28. The highest BCUT2D eigenvalue weighted by Gasteiger charge is 2.23. The van der Waals surface area contributed by atoms with Gasteiger partial charge in [-0.15, -0.1) is 0 Å². The lowest BCUT2D eigenvalue weighted by Crippen LogP contribution is -2.37. The first-order chi connectivity index (χ1) is 9.08. The number of carbonyl (C=O) groups is 1. The molecule has 0 bridgehead atoms. The number of hydrogen-bond donors (Lipinski definition) is 2. The first-order valence-corrected chi connectivity index (χ1v) is 6.41. The molecule has 1 atom stereocenters. The second-order valence-corrected chi connectivity index (χ2v) is 4.89. The van der Waals surface area contributed by atoms with E-state index < -0.39 is 4.92 Å². The first-order valence-electron chi connectivity index (χ1n) is 6.03. The van der Waals surface area contributed by atoms with E-state index in [1.54, 1.807) is 0 Å². The maximum atomic E-state index is 12.0. The van der Waals surface area contributed by atoms with Crippen LogP contribution in [-0.2, 0) is 4.79 Å². The van der Waals surface area contributed by atoms with Gasteiger partial charge in [0.25, 0.3) is 5.69 Å². The lowest BCUT2D eigenvalue weighted by Gasteiger charge is -2.21. The fourth-order valence-electron chi connectivity index (χ4n) is 2.07. The summed E-state index contributed by atoms with van der Waals surface area (Å²) < 4.78 is 0. The van der Waals surface area contributed by atoms with Crippen LogP contribution in [0, 0.1) is 16.0 Å². The van der Waals surface area contributed by atoms with Crippen molar-refractivity contribution in [1.82, 2.24) is 5.32 Å². The molecule has 1 aliphatic heterocycles. The zero-order valence-electron chi connectivity index (χ0n) is 10.2. The van der Waals surface area contributed by atoms with Gasteiger partial charge in [-0.1, -0.05) is 11.6 Å². The molecule has 1 aromatic rings. The number of piperidine rings is 1. The Hall–Kier alpha value is -1.66. The van der Waals surface area contributed by atoms with Crippen molar-refractivity contribution in [3.8, 4) is 0 Å². The Balaban J connectivity index is 2.13. The summed E-state index contributed by atoms with van der Waals surface area (Å²) in [7, 11) is 0. The zero-order chi connectivity index (χ0) is 13.8. The molecule has 1 aliphatic rings. The summed E-state index contributed by atoms with van der Waals surface area (Å²) in [6, 6.07) is 4.20. The quantitative estimate of drug-likeness (QED) is 0.658. The van der Waals surface area contributed by atoms with Gasteiger partial charge in [-0.25, -0.2) is 0 Å². The molecule has 0 unspecified atom stereocenters. The van der Waals surface area contributed by atoms with E-state index in [0.29, 0.717) is 6.54 Å². The number of nitrogens with zero attached hydrogens (tertiary/aromatic N) is 1. The monoisotopic (exact) mass is 283 g/mol. The topological polar surface area (TPSA) is 84.3 Å². The van der Waals surface area contributed by atoms with E-state index in [9.17, 15) is 14.9 Å². The van der Waals surface area contributed by atoms with Gasteiger partial charge in [-0.3, -0.25) is 14.9 Å². The molecule has 0 aromatic heterocycles. The molecule has 1 amide bonds. The summed E-state index contributed by atoms with van der Waals surface area (Å²) in [6.07, 6.45) is 1.72. The molecule has 1 saturated heterocycles. The van der Waals surface area contributed by atoms with Gasteiger partial charge in [0.1, 0.15) is 5.69 Å². The van der Waals surface area contributed by atoms with Gasteiger partial charge in [-0.05, 0) is 31.5 Å². The lowest BCUT2D eigenvalue weighted by atomic mass is 9.99. The van der Waals surface area contributed by atoms with Gasteiger partial charge in [0.05, 0.1) is 10.8 Å². The van der Waals surface area contributed by atoms with Crippen LogP contribution in [0.25, 0.3) is 0 Å². The van der Waals surface area contributed by atoms with Crippen LogP contribution < -0.4 is 10.6 Å². The molecular formula is C12H14ClN3O3. The third-order valence-corrected chi connectivity index (χ3v) is 3.32. The molecule has 0 spiro atoms. The Bertz CT molecular complexity index is 501. The average molecular weight is 284 g/mol. The Morgan fingerprint density at radius 1 is 1.53 bits per heavy atom. The summed E-state index contributed by atoms with van der Waals surface area (Å²) in [6.45, 7) is 1.51. The predicted molar refractivity (Wildman–Crippen MR) is 72.3 cm³/mol. The number of amides is 1. The van der Waals surface area contributed by atoms with Crippen molar-refractivity contribution >= 4 is 28.9 Å². The van der Waals surface area contributed by atoms with Gasteiger partial charge in [0, 0.05) is 17.6 Å². The average Bonchev–Trinajstić information content (AvgIpc) is 2.41.